The number of hydrogen-bond donors (Lipinski definition) is 2. The number of fused-ring (bicyclic) bond motifs is 1. The van der Waals surface area contributed by atoms with Gasteiger partial charge >= 0.3 is 0 Å². The van der Waals surface area contributed by atoms with Gasteiger partial charge in [0.1, 0.15) is 0 Å². The topological polar surface area (TPSA) is 50.9 Å². The van der Waals surface area contributed by atoms with Crippen LogP contribution in [0.3, 0.4) is 0 Å². The summed E-state index contributed by atoms with van der Waals surface area (Å²) in [6.45, 7) is 2.16. The summed E-state index contributed by atoms with van der Waals surface area (Å²) in [5.74, 6) is 0.546. The Hall–Kier alpha value is -1.61. The highest BCUT2D eigenvalue weighted by Gasteiger charge is 2.19. The molecule has 1 saturated heterocycles. The molecule has 0 aliphatic carbocycles. The van der Waals surface area contributed by atoms with E-state index in [1.807, 2.05) is 24.4 Å². The minimum absolute atomic E-state index is 0.546. The first-order valence-corrected chi connectivity index (χ1v) is 6.20. The Morgan fingerprint density at radius 2 is 2.00 bits per heavy atom. The summed E-state index contributed by atoms with van der Waals surface area (Å²) in [6.07, 6.45) is 4.21. The second kappa shape index (κ2) is 4.34. The Kier molecular flexibility index (Phi) is 2.69. The van der Waals surface area contributed by atoms with E-state index in [4.69, 9.17) is 5.73 Å². The Labute approximate surface area is 101 Å². The molecule has 0 spiro atoms. The summed E-state index contributed by atoms with van der Waals surface area (Å²) < 4.78 is 0. The predicted octanol–water partition coefficient (Wildman–Crippen LogP) is 2.28. The third-order valence-electron chi connectivity index (χ3n) is 3.58. The number of benzene rings is 1. The molecule has 2 aromatic rings. The van der Waals surface area contributed by atoms with Crippen LogP contribution in [0, 0.1) is 0 Å². The fraction of sp³-hybridized carbons (Fsp3) is 0.357. The molecule has 0 unspecified atom stereocenters. The van der Waals surface area contributed by atoms with Gasteiger partial charge in [0.2, 0.25) is 0 Å². The van der Waals surface area contributed by atoms with Crippen LogP contribution in [-0.2, 0) is 0 Å². The number of pyridine rings is 1. The van der Waals surface area contributed by atoms with Crippen LogP contribution in [0.5, 0.6) is 0 Å². The first kappa shape index (κ1) is 10.5. The molecule has 3 rings (SSSR count). The molecule has 0 bridgehead atoms. The van der Waals surface area contributed by atoms with Crippen LogP contribution >= 0.6 is 0 Å². The Morgan fingerprint density at radius 3 is 2.82 bits per heavy atom. The van der Waals surface area contributed by atoms with Crippen LogP contribution < -0.4 is 11.1 Å². The normalized spacial score (nSPS) is 17.4. The van der Waals surface area contributed by atoms with Crippen molar-refractivity contribution in [1.82, 2.24) is 10.3 Å². The number of aromatic nitrogens is 1. The van der Waals surface area contributed by atoms with E-state index in [-0.39, 0.29) is 0 Å². The van der Waals surface area contributed by atoms with E-state index in [1.165, 1.54) is 11.1 Å². The number of nitrogens with two attached hydrogens (primary N) is 1. The molecule has 17 heavy (non-hydrogen) atoms. The lowest BCUT2D eigenvalue weighted by molar-refractivity contribution is 0.456. The van der Waals surface area contributed by atoms with E-state index >= 15 is 0 Å². The maximum absolute atomic E-state index is 6.11. The average Bonchev–Trinajstić information content (AvgIpc) is 2.39. The van der Waals surface area contributed by atoms with Crippen LogP contribution in [0.1, 0.15) is 24.5 Å². The van der Waals surface area contributed by atoms with E-state index in [0.717, 1.165) is 37.0 Å². The molecule has 3 heteroatoms. The minimum Gasteiger partial charge on any atom is -0.398 e. The number of nitrogens with zero attached hydrogens (tertiary/aromatic N) is 1. The Bertz CT molecular complexity index is 525. The van der Waals surface area contributed by atoms with Crippen molar-refractivity contribution in [2.24, 2.45) is 0 Å². The van der Waals surface area contributed by atoms with Crippen molar-refractivity contribution < 1.29 is 0 Å². The number of nitrogens with one attached hydrogen (secondary N) is 1. The van der Waals surface area contributed by atoms with Gasteiger partial charge in [-0.1, -0.05) is 12.1 Å². The molecule has 2 heterocycles. The SMILES string of the molecule is Nc1cccc2ccnc(C3CCNCC3)c12. The number of anilines is 1. The van der Waals surface area contributed by atoms with Crippen molar-refractivity contribution in [3.8, 4) is 0 Å². The fourth-order valence-corrected chi connectivity index (χ4v) is 2.69. The molecule has 0 amide bonds. The number of nitrogen functional groups attached to an aromatic ring is 1. The van der Waals surface area contributed by atoms with Crippen molar-refractivity contribution in [3.05, 3.63) is 36.2 Å². The van der Waals surface area contributed by atoms with Crippen LogP contribution in [0.15, 0.2) is 30.5 Å². The second-order valence-electron chi connectivity index (χ2n) is 4.67. The lowest BCUT2D eigenvalue weighted by atomic mass is 9.90. The van der Waals surface area contributed by atoms with Crippen LogP contribution in [0.25, 0.3) is 10.8 Å². The molecule has 1 aliphatic heterocycles. The van der Waals surface area contributed by atoms with Crippen molar-refractivity contribution in [2.75, 3.05) is 18.8 Å². The maximum Gasteiger partial charge on any atom is 0.0534 e. The summed E-state index contributed by atoms with van der Waals surface area (Å²) in [5, 5.41) is 5.75. The summed E-state index contributed by atoms with van der Waals surface area (Å²) in [4.78, 5) is 4.58. The Morgan fingerprint density at radius 1 is 1.18 bits per heavy atom. The van der Waals surface area contributed by atoms with Crippen molar-refractivity contribution in [3.63, 3.8) is 0 Å². The largest absolute Gasteiger partial charge is 0.398 e. The van der Waals surface area contributed by atoms with Gasteiger partial charge in [-0.25, -0.2) is 0 Å². The lowest BCUT2D eigenvalue weighted by Crippen LogP contribution is -2.27. The summed E-state index contributed by atoms with van der Waals surface area (Å²) in [6, 6.07) is 8.12. The van der Waals surface area contributed by atoms with Gasteiger partial charge in [0.05, 0.1) is 5.69 Å². The number of hydrogen-bond acceptors (Lipinski definition) is 3. The molecule has 0 atom stereocenters. The fourth-order valence-electron chi connectivity index (χ4n) is 2.69. The van der Waals surface area contributed by atoms with Gasteiger partial charge in [-0.05, 0) is 43.5 Å². The average molecular weight is 227 g/mol. The molecular weight excluding hydrogens is 210 g/mol. The van der Waals surface area contributed by atoms with E-state index in [1.54, 1.807) is 0 Å². The third kappa shape index (κ3) is 1.87. The summed E-state index contributed by atoms with van der Waals surface area (Å²) >= 11 is 0. The van der Waals surface area contributed by atoms with Crippen LogP contribution in [-0.4, -0.2) is 18.1 Å². The van der Waals surface area contributed by atoms with Gasteiger partial charge in [0.25, 0.3) is 0 Å². The standard InChI is InChI=1S/C14H17N3/c15-12-3-1-2-10-6-9-17-14(13(10)12)11-4-7-16-8-5-11/h1-3,6,9,11,16H,4-5,7-8,15H2. The molecule has 3 N–H and O–H groups in total. The zero-order valence-corrected chi connectivity index (χ0v) is 9.82. The highest BCUT2D eigenvalue weighted by molar-refractivity contribution is 5.94. The zero-order chi connectivity index (χ0) is 11.7. The monoisotopic (exact) mass is 227 g/mol. The van der Waals surface area contributed by atoms with Gasteiger partial charge in [0.15, 0.2) is 0 Å². The van der Waals surface area contributed by atoms with Crippen molar-refractivity contribution in [2.45, 2.75) is 18.8 Å². The van der Waals surface area contributed by atoms with Crippen molar-refractivity contribution in [1.29, 1.82) is 0 Å². The third-order valence-corrected chi connectivity index (χ3v) is 3.58. The van der Waals surface area contributed by atoms with Gasteiger partial charge in [-0.3, -0.25) is 4.98 Å². The molecule has 1 aromatic carbocycles. The van der Waals surface area contributed by atoms with Gasteiger partial charge < -0.3 is 11.1 Å². The van der Waals surface area contributed by atoms with Gasteiger partial charge in [-0.15, -0.1) is 0 Å². The zero-order valence-electron chi connectivity index (χ0n) is 9.82. The van der Waals surface area contributed by atoms with E-state index in [0.29, 0.717) is 5.92 Å². The van der Waals surface area contributed by atoms with E-state index in [9.17, 15) is 0 Å². The second-order valence-corrected chi connectivity index (χ2v) is 4.67. The molecule has 0 saturated carbocycles. The predicted molar refractivity (Wildman–Crippen MR) is 71.0 cm³/mol. The molecule has 1 fully saturated rings. The first-order valence-electron chi connectivity index (χ1n) is 6.20. The number of rotatable bonds is 1. The lowest BCUT2D eigenvalue weighted by Gasteiger charge is -2.23. The van der Waals surface area contributed by atoms with E-state index < -0.39 is 0 Å². The maximum atomic E-state index is 6.11. The molecular formula is C14H17N3. The smallest absolute Gasteiger partial charge is 0.0534 e. The summed E-state index contributed by atoms with van der Waals surface area (Å²) in [7, 11) is 0. The minimum atomic E-state index is 0.546. The molecule has 1 aliphatic rings. The molecule has 3 nitrogen and oxygen atoms in total. The molecule has 0 radical (unpaired) electrons. The quantitative estimate of drug-likeness (QED) is 0.735. The van der Waals surface area contributed by atoms with Crippen LogP contribution in [0.4, 0.5) is 5.69 Å². The molecule has 1 aromatic heterocycles. The first-order chi connectivity index (χ1) is 8.36. The van der Waals surface area contributed by atoms with Crippen LogP contribution in [0.2, 0.25) is 0 Å². The van der Waals surface area contributed by atoms with Gasteiger partial charge in [0, 0.05) is 23.2 Å². The Balaban J connectivity index is 2.14. The highest BCUT2D eigenvalue weighted by Crippen LogP contribution is 2.32. The van der Waals surface area contributed by atoms with Gasteiger partial charge in [-0.2, -0.15) is 0 Å². The molecule has 88 valence electrons. The highest BCUT2D eigenvalue weighted by atomic mass is 14.9. The van der Waals surface area contributed by atoms with E-state index in [2.05, 4.69) is 16.4 Å². The summed E-state index contributed by atoms with van der Waals surface area (Å²) in [5.41, 5.74) is 8.14. The van der Waals surface area contributed by atoms with Crippen molar-refractivity contribution >= 4 is 16.5 Å². The number of piperidine rings is 1.